The van der Waals surface area contributed by atoms with E-state index >= 15 is 0 Å². The van der Waals surface area contributed by atoms with Gasteiger partial charge in [-0.3, -0.25) is 0 Å². The van der Waals surface area contributed by atoms with Gasteiger partial charge in [-0.1, -0.05) is 26.7 Å². The third kappa shape index (κ3) is 4.52. The Morgan fingerprint density at radius 3 is 2.60 bits per heavy atom. The van der Waals surface area contributed by atoms with Crippen molar-refractivity contribution in [1.29, 1.82) is 0 Å². The topological polar surface area (TPSA) is 29.3 Å². The van der Waals surface area contributed by atoms with Crippen molar-refractivity contribution in [2.45, 2.75) is 58.4 Å². The number of likely N-dealkylation sites (tertiary alicyclic amines) is 1. The molecule has 0 amide bonds. The largest absolute Gasteiger partial charge is 0.330 e. The summed E-state index contributed by atoms with van der Waals surface area (Å²) in [7, 11) is 0. The first kappa shape index (κ1) is 13.0. The highest BCUT2D eigenvalue weighted by molar-refractivity contribution is 4.81. The number of nitrogens with two attached hydrogens (primary N) is 1. The minimum absolute atomic E-state index is 0.830. The van der Waals surface area contributed by atoms with Crippen molar-refractivity contribution >= 4 is 0 Å². The summed E-state index contributed by atoms with van der Waals surface area (Å²) >= 11 is 0. The Balaban J connectivity index is 2.09. The van der Waals surface area contributed by atoms with Crippen LogP contribution in [-0.4, -0.2) is 30.6 Å². The predicted molar refractivity (Wildman–Crippen MR) is 67.0 cm³/mol. The number of nitrogens with zero attached hydrogens (tertiary/aromatic N) is 1. The molecule has 2 heteroatoms. The molecule has 15 heavy (non-hydrogen) atoms. The molecule has 1 unspecified atom stereocenters. The van der Waals surface area contributed by atoms with Crippen LogP contribution in [0.25, 0.3) is 0 Å². The van der Waals surface area contributed by atoms with E-state index in [-0.39, 0.29) is 0 Å². The lowest BCUT2D eigenvalue weighted by molar-refractivity contribution is 0.202. The lowest BCUT2D eigenvalue weighted by atomic mass is 10.0. The number of unbranched alkanes of at least 4 members (excludes halogenated alkanes) is 3. The van der Waals surface area contributed by atoms with Crippen molar-refractivity contribution < 1.29 is 0 Å². The van der Waals surface area contributed by atoms with E-state index in [1.165, 1.54) is 51.6 Å². The molecule has 0 aromatic rings. The third-order valence-electron chi connectivity index (χ3n) is 3.58. The molecule has 0 aliphatic carbocycles. The molecule has 0 spiro atoms. The van der Waals surface area contributed by atoms with Crippen LogP contribution in [0.3, 0.4) is 0 Å². The maximum absolute atomic E-state index is 5.48. The summed E-state index contributed by atoms with van der Waals surface area (Å²) in [4.78, 5) is 2.70. The van der Waals surface area contributed by atoms with Crippen LogP contribution in [0.5, 0.6) is 0 Å². The summed E-state index contributed by atoms with van der Waals surface area (Å²) in [6.07, 6.45) is 8.07. The lowest BCUT2D eigenvalue weighted by Crippen LogP contribution is -2.34. The SMILES string of the molecule is CC(C)C1CCCN1CCCCCCN. The Morgan fingerprint density at radius 2 is 1.93 bits per heavy atom. The predicted octanol–water partition coefficient (Wildman–Crippen LogP) is 2.63. The van der Waals surface area contributed by atoms with Crippen molar-refractivity contribution in [3.63, 3.8) is 0 Å². The highest BCUT2D eigenvalue weighted by Crippen LogP contribution is 2.23. The maximum Gasteiger partial charge on any atom is 0.0119 e. The lowest BCUT2D eigenvalue weighted by Gasteiger charge is -2.27. The Kier molecular flexibility index (Phi) is 6.26. The van der Waals surface area contributed by atoms with Crippen molar-refractivity contribution in [3.05, 3.63) is 0 Å². The van der Waals surface area contributed by atoms with E-state index in [9.17, 15) is 0 Å². The van der Waals surface area contributed by atoms with E-state index in [4.69, 9.17) is 5.73 Å². The molecule has 2 nitrogen and oxygen atoms in total. The van der Waals surface area contributed by atoms with E-state index in [0.29, 0.717) is 0 Å². The number of hydrogen-bond donors (Lipinski definition) is 1. The highest BCUT2D eigenvalue weighted by Gasteiger charge is 2.25. The van der Waals surface area contributed by atoms with Crippen LogP contribution in [0.15, 0.2) is 0 Å². The van der Waals surface area contributed by atoms with Gasteiger partial charge < -0.3 is 10.6 Å². The fourth-order valence-corrected chi connectivity index (χ4v) is 2.70. The summed E-state index contributed by atoms with van der Waals surface area (Å²) in [6, 6.07) is 0.861. The van der Waals surface area contributed by atoms with Crippen LogP contribution in [0.2, 0.25) is 0 Å². The number of hydrogen-bond acceptors (Lipinski definition) is 2. The van der Waals surface area contributed by atoms with Crippen molar-refractivity contribution in [2.75, 3.05) is 19.6 Å². The molecule has 1 saturated heterocycles. The van der Waals surface area contributed by atoms with Crippen molar-refractivity contribution in [2.24, 2.45) is 11.7 Å². The second kappa shape index (κ2) is 7.24. The maximum atomic E-state index is 5.48. The van der Waals surface area contributed by atoms with Crippen LogP contribution in [0.4, 0.5) is 0 Å². The quantitative estimate of drug-likeness (QED) is 0.657. The van der Waals surface area contributed by atoms with Gasteiger partial charge in [-0.05, 0) is 51.2 Å². The van der Waals surface area contributed by atoms with Gasteiger partial charge in [0.1, 0.15) is 0 Å². The molecule has 0 saturated carbocycles. The standard InChI is InChI=1S/C13H28N2/c1-12(2)13-8-7-11-15(13)10-6-4-3-5-9-14/h12-13H,3-11,14H2,1-2H3. The summed E-state index contributed by atoms with van der Waals surface area (Å²) in [5, 5.41) is 0. The fourth-order valence-electron chi connectivity index (χ4n) is 2.70. The van der Waals surface area contributed by atoms with E-state index in [2.05, 4.69) is 18.7 Å². The summed E-state index contributed by atoms with van der Waals surface area (Å²) in [5.41, 5.74) is 5.48. The van der Waals surface area contributed by atoms with Gasteiger partial charge in [0.25, 0.3) is 0 Å². The smallest absolute Gasteiger partial charge is 0.0119 e. The molecule has 2 N–H and O–H groups in total. The number of rotatable bonds is 7. The molecule has 1 atom stereocenters. The summed E-state index contributed by atoms with van der Waals surface area (Å²) in [6.45, 7) is 8.22. The van der Waals surface area contributed by atoms with Gasteiger partial charge in [0.05, 0.1) is 0 Å². The first-order valence-electron chi connectivity index (χ1n) is 6.70. The molecule has 1 aliphatic heterocycles. The van der Waals surface area contributed by atoms with Gasteiger partial charge in [-0.15, -0.1) is 0 Å². The van der Waals surface area contributed by atoms with Crippen LogP contribution < -0.4 is 5.73 Å². The molecule has 90 valence electrons. The normalized spacial score (nSPS) is 22.8. The summed E-state index contributed by atoms with van der Waals surface area (Å²) < 4.78 is 0. The molecule has 1 heterocycles. The molecular weight excluding hydrogens is 184 g/mol. The average molecular weight is 212 g/mol. The Morgan fingerprint density at radius 1 is 1.20 bits per heavy atom. The van der Waals surface area contributed by atoms with E-state index in [0.717, 1.165) is 18.5 Å². The second-order valence-electron chi connectivity index (χ2n) is 5.19. The monoisotopic (exact) mass is 212 g/mol. The molecule has 0 aromatic carbocycles. The van der Waals surface area contributed by atoms with E-state index in [1.54, 1.807) is 0 Å². The summed E-state index contributed by atoms with van der Waals surface area (Å²) in [5.74, 6) is 0.830. The first-order chi connectivity index (χ1) is 7.25. The van der Waals surface area contributed by atoms with Gasteiger partial charge in [-0.25, -0.2) is 0 Å². The third-order valence-corrected chi connectivity index (χ3v) is 3.58. The zero-order valence-corrected chi connectivity index (χ0v) is 10.5. The van der Waals surface area contributed by atoms with Gasteiger partial charge in [0.15, 0.2) is 0 Å². The van der Waals surface area contributed by atoms with Crippen molar-refractivity contribution in [1.82, 2.24) is 4.90 Å². The molecule has 0 radical (unpaired) electrons. The Hall–Kier alpha value is -0.0800. The van der Waals surface area contributed by atoms with Crippen LogP contribution in [-0.2, 0) is 0 Å². The molecule has 1 aliphatic rings. The second-order valence-corrected chi connectivity index (χ2v) is 5.19. The van der Waals surface area contributed by atoms with Gasteiger partial charge in [0.2, 0.25) is 0 Å². The Bertz CT molecular complexity index is 157. The fraction of sp³-hybridized carbons (Fsp3) is 1.00. The zero-order chi connectivity index (χ0) is 11.1. The van der Waals surface area contributed by atoms with E-state index in [1.807, 2.05) is 0 Å². The first-order valence-corrected chi connectivity index (χ1v) is 6.70. The van der Waals surface area contributed by atoms with Gasteiger partial charge in [0, 0.05) is 6.04 Å². The van der Waals surface area contributed by atoms with Crippen LogP contribution >= 0.6 is 0 Å². The zero-order valence-electron chi connectivity index (χ0n) is 10.5. The highest BCUT2D eigenvalue weighted by atomic mass is 15.2. The molecular formula is C13H28N2. The molecule has 1 rings (SSSR count). The van der Waals surface area contributed by atoms with Crippen LogP contribution in [0.1, 0.15) is 52.4 Å². The molecule has 0 aromatic heterocycles. The Labute approximate surface area is 95.2 Å². The van der Waals surface area contributed by atoms with Crippen LogP contribution in [0, 0.1) is 5.92 Å². The van der Waals surface area contributed by atoms with Crippen molar-refractivity contribution in [3.8, 4) is 0 Å². The minimum atomic E-state index is 0.830. The minimum Gasteiger partial charge on any atom is -0.330 e. The molecule has 1 fully saturated rings. The average Bonchev–Trinajstić information content (AvgIpc) is 2.66. The molecule has 0 bridgehead atoms. The van der Waals surface area contributed by atoms with E-state index < -0.39 is 0 Å². The van der Waals surface area contributed by atoms with Gasteiger partial charge in [-0.2, -0.15) is 0 Å². The van der Waals surface area contributed by atoms with Gasteiger partial charge >= 0.3 is 0 Å².